The summed E-state index contributed by atoms with van der Waals surface area (Å²) in [7, 11) is 0. The Morgan fingerprint density at radius 1 is 1.10 bits per heavy atom. The van der Waals surface area contributed by atoms with Crippen LogP contribution in [-0.2, 0) is 4.79 Å². The molecule has 0 spiro atoms. The Balaban J connectivity index is 1.58. The van der Waals surface area contributed by atoms with Gasteiger partial charge in [-0.05, 0) is 56.2 Å². The Kier molecular flexibility index (Phi) is 7.25. The molecule has 4 rings (SSSR count). The van der Waals surface area contributed by atoms with Crippen LogP contribution < -0.4 is 0 Å². The largest absolute Gasteiger partial charge is 0.339 e. The van der Waals surface area contributed by atoms with Crippen molar-refractivity contribution in [3.8, 4) is 17.1 Å². The molecule has 1 amide bonds. The van der Waals surface area contributed by atoms with E-state index in [-0.39, 0.29) is 5.91 Å². The van der Waals surface area contributed by atoms with Gasteiger partial charge in [-0.1, -0.05) is 42.6 Å². The van der Waals surface area contributed by atoms with Crippen molar-refractivity contribution in [3.05, 3.63) is 53.8 Å². The molecule has 1 aliphatic carbocycles. The lowest BCUT2D eigenvalue weighted by Gasteiger charge is -2.33. The monoisotopic (exact) mass is 455 g/mol. The molecule has 31 heavy (non-hydrogen) atoms. The van der Waals surface area contributed by atoms with E-state index < -0.39 is 0 Å². The second-order valence-electron chi connectivity index (χ2n) is 7.61. The fourth-order valence-corrected chi connectivity index (χ4v) is 5.08. The van der Waals surface area contributed by atoms with Crippen LogP contribution in [-0.4, -0.2) is 48.9 Å². The van der Waals surface area contributed by atoms with E-state index in [9.17, 15) is 4.79 Å². The van der Waals surface area contributed by atoms with Crippen LogP contribution in [0.15, 0.2) is 53.9 Å². The molecule has 0 atom stereocenters. The predicted octanol–water partition coefficient (Wildman–Crippen LogP) is 5.26. The quantitative estimate of drug-likeness (QED) is 0.455. The highest BCUT2D eigenvalue weighted by Gasteiger charge is 2.25. The molecule has 0 aliphatic heterocycles. The summed E-state index contributed by atoms with van der Waals surface area (Å²) in [6.07, 6.45) is 9.38. The number of hydrogen-bond acceptors (Lipinski definition) is 5. The molecule has 1 aliphatic rings. The van der Waals surface area contributed by atoms with Gasteiger partial charge >= 0.3 is 0 Å². The zero-order chi connectivity index (χ0) is 21.6. The minimum Gasteiger partial charge on any atom is -0.339 e. The number of aromatic nitrogens is 4. The van der Waals surface area contributed by atoms with Crippen LogP contribution in [0.3, 0.4) is 0 Å². The van der Waals surface area contributed by atoms with Gasteiger partial charge in [-0.2, -0.15) is 0 Å². The average molecular weight is 456 g/mol. The SMILES string of the molecule is CCN(C(=O)CSc1nnc(-c2ccncc2)n1-c1ccc(Cl)cc1)C1CCCCC1. The van der Waals surface area contributed by atoms with Crippen LogP contribution in [0.2, 0.25) is 5.02 Å². The van der Waals surface area contributed by atoms with Crippen LogP contribution in [0.1, 0.15) is 39.0 Å². The third-order valence-electron chi connectivity index (χ3n) is 5.66. The van der Waals surface area contributed by atoms with E-state index in [0.717, 1.165) is 30.6 Å². The topological polar surface area (TPSA) is 63.9 Å². The summed E-state index contributed by atoms with van der Waals surface area (Å²) in [5.74, 6) is 1.21. The maximum atomic E-state index is 13.0. The summed E-state index contributed by atoms with van der Waals surface area (Å²) >= 11 is 7.52. The number of hydrogen-bond donors (Lipinski definition) is 0. The molecule has 162 valence electrons. The Hall–Kier alpha value is -2.38. The normalized spacial score (nSPS) is 14.5. The molecule has 1 fully saturated rings. The van der Waals surface area contributed by atoms with Crippen LogP contribution in [0.4, 0.5) is 0 Å². The van der Waals surface area contributed by atoms with Crippen molar-refractivity contribution in [2.24, 2.45) is 0 Å². The first-order chi connectivity index (χ1) is 15.2. The van der Waals surface area contributed by atoms with Gasteiger partial charge in [-0.3, -0.25) is 14.3 Å². The van der Waals surface area contributed by atoms with Crippen LogP contribution >= 0.6 is 23.4 Å². The summed E-state index contributed by atoms with van der Waals surface area (Å²) in [6.45, 7) is 2.81. The van der Waals surface area contributed by atoms with Crippen molar-refractivity contribution in [1.82, 2.24) is 24.6 Å². The lowest BCUT2D eigenvalue weighted by molar-refractivity contribution is -0.131. The van der Waals surface area contributed by atoms with Crippen molar-refractivity contribution in [1.29, 1.82) is 0 Å². The lowest BCUT2D eigenvalue weighted by atomic mass is 9.94. The Morgan fingerprint density at radius 3 is 2.48 bits per heavy atom. The molecule has 1 saturated carbocycles. The second-order valence-corrected chi connectivity index (χ2v) is 8.99. The van der Waals surface area contributed by atoms with Gasteiger partial charge in [-0.15, -0.1) is 10.2 Å². The molecular weight excluding hydrogens is 430 g/mol. The molecule has 0 bridgehead atoms. The maximum absolute atomic E-state index is 13.0. The summed E-state index contributed by atoms with van der Waals surface area (Å²) < 4.78 is 1.97. The van der Waals surface area contributed by atoms with Crippen LogP contribution in [0.5, 0.6) is 0 Å². The van der Waals surface area contributed by atoms with Crippen molar-refractivity contribution in [2.45, 2.75) is 50.2 Å². The highest BCUT2D eigenvalue weighted by Crippen LogP contribution is 2.29. The first-order valence-corrected chi connectivity index (χ1v) is 12.1. The molecule has 3 aromatic rings. The van der Waals surface area contributed by atoms with E-state index in [0.29, 0.717) is 27.8 Å². The van der Waals surface area contributed by atoms with Gasteiger partial charge in [0, 0.05) is 41.3 Å². The smallest absolute Gasteiger partial charge is 0.233 e. The first kappa shape index (κ1) is 21.8. The number of carbonyl (C=O) groups is 1. The number of amides is 1. The molecule has 2 heterocycles. The van der Waals surface area contributed by atoms with E-state index in [1.165, 1.54) is 31.0 Å². The Labute approximate surface area is 192 Å². The molecule has 0 unspecified atom stereocenters. The number of nitrogens with zero attached hydrogens (tertiary/aromatic N) is 5. The summed E-state index contributed by atoms with van der Waals surface area (Å²) in [5.41, 5.74) is 1.81. The summed E-state index contributed by atoms with van der Waals surface area (Å²) in [4.78, 5) is 19.2. The number of halogens is 1. The predicted molar refractivity (Wildman–Crippen MR) is 125 cm³/mol. The molecule has 6 nitrogen and oxygen atoms in total. The van der Waals surface area contributed by atoms with E-state index in [2.05, 4.69) is 22.1 Å². The minimum absolute atomic E-state index is 0.163. The van der Waals surface area contributed by atoms with Crippen molar-refractivity contribution in [3.63, 3.8) is 0 Å². The molecule has 2 aromatic heterocycles. The Morgan fingerprint density at radius 2 is 1.81 bits per heavy atom. The van der Waals surface area contributed by atoms with E-state index in [4.69, 9.17) is 11.6 Å². The van der Waals surface area contributed by atoms with Gasteiger partial charge < -0.3 is 4.90 Å². The van der Waals surface area contributed by atoms with Crippen molar-refractivity contribution < 1.29 is 4.79 Å². The second kappa shape index (κ2) is 10.3. The first-order valence-electron chi connectivity index (χ1n) is 10.7. The number of rotatable bonds is 7. The molecular formula is C23H26ClN5OS. The number of benzene rings is 1. The lowest BCUT2D eigenvalue weighted by Crippen LogP contribution is -2.42. The molecule has 0 N–H and O–H groups in total. The molecule has 0 radical (unpaired) electrons. The van der Waals surface area contributed by atoms with E-state index in [1.54, 1.807) is 12.4 Å². The maximum Gasteiger partial charge on any atom is 0.233 e. The van der Waals surface area contributed by atoms with Crippen molar-refractivity contribution in [2.75, 3.05) is 12.3 Å². The average Bonchev–Trinajstić information content (AvgIpc) is 3.24. The van der Waals surface area contributed by atoms with Gasteiger partial charge in [0.05, 0.1) is 5.75 Å². The van der Waals surface area contributed by atoms with Gasteiger partial charge in [0.25, 0.3) is 0 Å². The fraction of sp³-hybridized carbons (Fsp3) is 0.391. The minimum atomic E-state index is 0.163. The number of pyridine rings is 1. The highest BCUT2D eigenvalue weighted by molar-refractivity contribution is 7.99. The summed E-state index contributed by atoms with van der Waals surface area (Å²) in [5, 5.41) is 10.2. The van der Waals surface area contributed by atoms with E-state index >= 15 is 0 Å². The number of thioether (sulfide) groups is 1. The zero-order valence-corrected chi connectivity index (χ0v) is 19.1. The van der Waals surface area contributed by atoms with Gasteiger partial charge in [0.1, 0.15) is 0 Å². The fourth-order valence-electron chi connectivity index (χ4n) is 4.11. The van der Waals surface area contributed by atoms with Gasteiger partial charge in [0.15, 0.2) is 11.0 Å². The molecule has 0 saturated heterocycles. The number of carbonyl (C=O) groups excluding carboxylic acids is 1. The molecule has 1 aromatic carbocycles. The van der Waals surface area contributed by atoms with Crippen LogP contribution in [0, 0.1) is 0 Å². The van der Waals surface area contributed by atoms with Gasteiger partial charge in [-0.25, -0.2) is 0 Å². The third kappa shape index (κ3) is 5.10. The van der Waals surface area contributed by atoms with E-state index in [1.807, 2.05) is 45.9 Å². The highest BCUT2D eigenvalue weighted by atomic mass is 35.5. The van der Waals surface area contributed by atoms with Crippen LogP contribution in [0.25, 0.3) is 17.1 Å². The van der Waals surface area contributed by atoms with Crippen molar-refractivity contribution >= 4 is 29.3 Å². The standard InChI is InChI=1S/C23H26ClN5OS/c1-2-28(19-6-4-3-5-7-19)21(30)16-31-23-27-26-22(17-12-14-25-15-13-17)29(23)20-10-8-18(24)9-11-20/h8-15,19H,2-7,16H2,1H3. The van der Waals surface area contributed by atoms with Gasteiger partial charge in [0.2, 0.25) is 5.91 Å². The molecule has 8 heteroatoms. The summed E-state index contributed by atoms with van der Waals surface area (Å²) in [6, 6.07) is 11.7. The third-order valence-corrected chi connectivity index (χ3v) is 6.82. The zero-order valence-electron chi connectivity index (χ0n) is 17.6. The Bertz CT molecular complexity index is 1000.